The molecule has 0 spiro atoms. The molecule has 7 heteroatoms. The molecular formula is C19H24N4O3. The minimum atomic E-state index is -0.712. The highest BCUT2D eigenvalue weighted by Crippen LogP contribution is 2.12. The standard InChI is InChI=1S/C19H24N4O3/c1-2-22(10-6-9-14-7-4-3-5-8-14)19(26)16-11-17-18(25)20-12-15(24)13-23(17)21-16/h3-5,7-8,11,15,24H,2,6,9-10,12-13H2,1H3,(H,20,25)/t15-/m0/s1. The summed E-state index contributed by atoms with van der Waals surface area (Å²) in [7, 11) is 0. The fourth-order valence-electron chi connectivity index (χ4n) is 3.09. The van der Waals surface area contributed by atoms with Gasteiger partial charge in [-0.1, -0.05) is 30.3 Å². The average molecular weight is 356 g/mol. The van der Waals surface area contributed by atoms with E-state index in [0.29, 0.717) is 18.8 Å². The van der Waals surface area contributed by atoms with Crippen molar-refractivity contribution in [3.8, 4) is 0 Å². The Morgan fingerprint density at radius 3 is 2.88 bits per heavy atom. The first-order chi connectivity index (χ1) is 12.6. The molecule has 1 aromatic heterocycles. The topological polar surface area (TPSA) is 87.5 Å². The first kappa shape index (κ1) is 18.1. The number of carbonyl (C=O) groups is 2. The smallest absolute Gasteiger partial charge is 0.274 e. The molecule has 2 aromatic rings. The van der Waals surface area contributed by atoms with Crippen molar-refractivity contribution >= 4 is 11.8 Å². The maximum Gasteiger partial charge on any atom is 0.274 e. The molecule has 0 aliphatic carbocycles. The van der Waals surface area contributed by atoms with Crippen molar-refractivity contribution in [1.29, 1.82) is 0 Å². The molecule has 3 rings (SSSR count). The van der Waals surface area contributed by atoms with Crippen LogP contribution < -0.4 is 5.32 Å². The van der Waals surface area contributed by atoms with Crippen molar-refractivity contribution in [1.82, 2.24) is 20.0 Å². The van der Waals surface area contributed by atoms with E-state index in [1.807, 2.05) is 25.1 Å². The summed E-state index contributed by atoms with van der Waals surface area (Å²) in [6, 6.07) is 11.7. The van der Waals surface area contributed by atoms with Gasteiger partial charge < -0.3 is 15.3 Å². The number of nitrogens with one attached hydrogen (secondary N) is 1. The molecule has 26 heavy (non-hydrogen) atoms. The number of aromatic nitrogens is 2. The van der Waals surface area contributed by atoms with Gasteiger partial charge in [-0.2, -0.15) is 5.10 Å². The molecule has 7 nitrogen and oxygen atoms in total. The highest BCUT2D eigenvalue weighted by Gasteiger charge is 2.25. The summed E-state index contributed by atoms with van der Waals surface area (Å²) in [5.74, 6) is -0.511. The van der Waals surface area contributed by atoms with Crippen LogP contribution >= 0.6 is 0 Å². The van der Waals surface area contributed by atoms with Gasteiger partial charge in [0.15, 0.2) is 5.69 Å². The van der Waals surface area contributed by atoms with Crippen LogP contribution in [0.1, 0.15) is 39.9 Å². The lowest BCUT2D eigenvalue weighted by Gasteiger charge is -2.19. The molecule has 1 aliphatic rings. The van der Waals surface area contributed by atoms with Crippen molar-refractivity contribution in [2.45, 2.75) is 32.4 Å². The zero-order valence-corrected chi connectivity index (χ0v) is 14.9. The number of rotatable bonds is 6. The van der Waals surface area contributed by atoms with Crippen LogP contribution in [-0.4, -0.2) is 57.3 Å². The van der Waals surface area contributed by atoms with E-state index >= 15 is 0 Å². The maximum absolute atomic E-state index is 12.8. The van der Waals surface area contributed by atoms with Gasteiger partial charge in [-0.25, -0.2) is 0 Å². The molecule has 2 amide bonds. The fourth-order valence-corrected chi connectivity index (χ4v) is 3.09. The van der Waals surface area contributed by atoms with Crippen molar-refractivity contribution < 1.29 is 14.7 Å². The zero-order chi connectivity index (χ0) is 18.5. The second-order valence-electron chi connectivity index (χ2n) is 6.43. The lowest BCUT2D eigenvalue weighted by Crippen LogP contribution is -2.33. The van der Waals surface area contributed by atoms with Crippen molar-refractivity contribution in [3.63, 3.8) is 0 Å². The predicted molar refractivity (Wildman–Crippen MR) is 96.9 cm³/mol. The Morgan fingerprint density at radius 1 is 1.38 bits per heavy atom. The first-order valence-electron chi connectivity index (χ1n) is 8.95. The monoisotopic (exact) mass is 356 g/mol. The molecule has 2 N–H and O–H groups in total. The van der Waals surface area contributed by atoms with Crippen LogP contribution in [0.3, 0.4) is 0 Å². The minimum absolute atomic E-state index is 0.187. The minimum Gasteiger partial charge on any atom is -0.389 e. The third-order valence-electron chi connectivity index (χ3n) is 4.52. The number of hydrogen-bond donors (Lipinski definition) is 2. The van der Waals surface area contributed by atoms with Crippen LogP contribution in [0.25, 0.3) is 0 Å². The van der Waals surface area contributed by atoms with E-state index in [4.69, 9.17) is 0 Å². The second kappa shape index (κ2) is 8.14. The first-order valence-corrected chi connectivity index (χ1v) is 8.95. The fraction of sp³-hybridized carbons (Fsp3) is 0.421. The maximum atomic E-state index is 12.8. The largest absolute Gasteiger partial charge is 0.389 e. The normalized spacial score (nSPS) is 16.5. The van der Waals surface area contributed by atoms with E-state index in [2.05, 4.69) is 22.5 Å². The molecule has 1 atom stereocenters. The molecule has 138 valence electrons. The number of β-amino-alcohol motifs (C(OH)–C–C–N with tert-alkyl or cyclic N) is 1. The molecular weight excluding hydrogens is 332 g/mol. The molecule has 0 fully saturated rings. The number of aliphatic hydroxyl groups is 1. The molecule has 1 aliphatic heterocycles. The Bertz CT molecular complexity index is 772. The number of carbonyl (C=O) groups excluding carboxylic acids is 2. The van der Waals surface area contributed by atoms with E-state index in [1.54, 1.807) is 4.90 Å². The van der Waals surface area contributed by atoms with Gasteiger partial charge in [-0.3, -0.25) is 14.3 Å². The Balaban J connectivity index is 1.66. The lowest BCUT2D eigenvalue weighted by molar-refractivity contribution is 0.0754. The Kier molecular flexibility index (Phi) is 5.68. The van der Waals surface area contributed by atoms with E-state index < -0.39 is 6.10 Å². The number of aliphatic hydroxyl groups excluding tert-OH is 1. The second-order valence-corrected chi connectivity index (χ2v) is 6.43. The van der Waals surface area contributed by atoms with Crippen LogP contribution in [0, 0.1) is 0 Å². The third-order valence-corrected chi connectivity index (χ3v) is 4.52. The third kappa shape index (κ3) is 4.11. The summed E-state index contributed by atoms with van der Waals surface area (Å²) in [4.78, 5) is 26.5. The highest BCUT2D eigenvalue weighted by molar-refractivity contribution is 5.98. The molecule has 0 saturated carbocycles. The van der Waals surface area contributed by atoms with Crippen LogP contribution in [0.5, 0.6) is 0 Å². The van der Waals surface area contributed by atoms with Gasteiger partial charge in [0.1, 0.15) is 5.69 Å². The van der Waals surface area contributed by atoms with Gasteiger partial charge in [0.05, 0.1) is 12.6 Å². The summed E-state index contributed by atoms with van der Waals surface area (Å²) in [5, 5.41) is 16.7. The molecule has 0 unspecified atom stereocenters. The van der Waals surface area contributed by atoms with Gasteiger partial charge in [-0.15, -0.1) is 0 Å². The van der Waals surface area contributed by atoms with E-state index in [0.717, 1.165) is 12.8 Å². The SMILES string of the molecule is CCN(CCCc1ccccc1)C(=O)c1cc2n(n1)C[C@@H](O)CNC2=O. The molecule has 0 radical (unpaired) electrons. The Morgan fingerprint density at radius 2 is 2.15 bits per heavy atom. The summed E-state index contributed by atoms with van der Waals surface area (Å²) < 4.78 is 1.41. The highest BCUT2D eigenvalue weighted by atomic mass is 16.3. The van der Waals surface area contributed by atoms with Crippen LogP contribution in [0.2, 0.25) is 0 Å². The molecule has 1 aromatic carbocycles. The summed E-state index contributed by atoms with van der Waals surface area (Å²) in [5.41, 5.74) is 1.80. The van der Waals surface area contributed by atoms with Gasteiger partial charge in [0, 0.05) is 25.7 Å². The number of amides is 2. The Labute approximate surface area is 152 Å². The van der Waals surface area contributed by atoms with Crippen molar-refractivity contribution in [2.75, 3.05) is 19.6 Å². The van der Waals surface area contributed by atoms with E-state index in [9.17, 15) is 14.7 Å². The lowest BCUT2D eigenvalue weighted by atomic mass is 10.1. The van der Waals surface area contributed by atoms with Crippen molar-refractivity contribution in [2.24, 2.45) is 0 Å². The van der Waals surface area contributed by atoms with E-state index in [1.165, 1.54) is 16.3 Å². The Hall–Kier alpha value is -2.67. The van der Waals surface area contributed by atoms with Crippen LogP contribution in [0.4, 0.5) is 0 Å². The number of fused-ring (bicyclic) bond motifs is 1. The number of aryl methyl sites for hydroxylation is 1. The predicted octanol–water partition coefficient (Wildman–Crippen LogP) is 1.08. The van der Waals surface area contributed by atoms with Crippen LogP contribution in [-0.2, 0) is 13.0 Å². The number of hydrogen-bond acceptors (Lipinski definition) is 4. The van der Waals surface area contributed by atoms with Gasteiger partial charge in [-0.05, 0) is 25.3 Å². The van der Waals surface area contributed by atoms with Gasteiger partial charge in [0.2, 0.25) is 0 Å². The molecule has 0 bridgehead atoms. The van der Waals surface area contributed by atoms with Gasteiger partial charge >= 0.3 is 0 Å². The number of nitrogens with zero attached hydrogens (tertiary/aromatic N) is 3. The summed E-state index contributed by atoms with van der Waals surface area (Å²) >= 11 is 0. The molecule has 2 heterocycles. The summed E-state index contributed by atoms with van der Waals surface area (Å²) in [6.45, 7) is 3.51. The average Bonchev–Trinajstić information content (AvgIpc) is 3.02. The number of benzene rings is 1. The van der Waals surface area contributed by atoms with Gasteiger partial charge in [0.25, 0.3) is 11.8 Å². The molecule has 0 saturated heterocycles. The quantitative estimate of drug-likeness (QED) is 0.811. The zero-order valence-electron chi connectivity index (χ0n) is 14.9. The summed E-state index contributed by atoms with van der Waals surface area (Å²) in [6.07, 6.45) is 1.05. The van der Waals surface area contributed by atoms with Crippen molar-refractivity contribution in [3.05, 3.63) is 53.3 Å². The van der Waals surface area contributed by atoms with Crippen LogP contribution in [0.15, 0.2) is 36.4 Å². The van der Waals surface area contributed by atoms with E-state index in [-0.39, 0.29) is 30.6 Å².